The molecule has 1 atom stereocenters. The molecular weight excluding hydrogens is 116 g/mol. The van der Waals surface area contributed by atoms with Crippen LogP contribution in [0.25, 0.3) is 0 Å². The first-order valence-electron chi connectivity index (χ1n) is 3.50. The molecule has 0 aromatic rings. The SMILES string of the molecule is COCC(O)CC1CC1. The minimum Gasteiger partial charge on any atom is -0.391 e. The van der Waals surface area contributed by atoms with E-state index in [-0.39, 0.29) is 6.10 Å². The molecular formula is C7H14O2. The number of methoxy groups -OCH3 is 1. The van der Waals surface area contributed by atoms with Crippen molar-refractivity contribution in [2.75, 3.05) is 13.7 Å². The molecule has 1 rings (SSSR count). The summed E-state index contributed by atoms with van der Waals surface area (Å²) in [5, 5.41) is 9.13. The Bertz CT molecular complexity index is 79.0. The van der Waals surface area contributed by atoms with Crippen LogP contribution in [0.15, 0.2) is 0 Å². The van der Waals surface area contributed by atoms with E-state index < -0.39 is 0 Å². The van der Waals surface area contributed by atoms with E-state index in [9.17, 15) is 0 Å². The van der Waals surface area contributed by atoms with Gasteiger partial charge in [0.15, 0.2) is 0 Å². The molecule has 2 nitrogen and oxygen atoms in total. The highest BCUT2D eigenvalue weighted by atomic mass is 16.5. The maximum Gasteiger partial charge on any atom is 0.0776 e. The number of hydrogen-bond acceptors (Lipinski definition) is 2. The molecule has 2 heteroatoms. The minimum atomic E-state index is -0.220. The van der Waals surface area contributed by atoms with E-state index in [1.54, 1.807) is 7.11 Å². The third kappa shape index (κ3) is 2.82. The second kappa shape index (κ2) is 3.18. The summed E-state index contributed by atoms with van der Waals surface area (Å²) in [5.74, 6) is 0.801. The molecule has 1 aliphatic carbocycles. The van der Waals surface area contributed by atoms with Crippen molar-refractivity contribution in [1.29, 1.82) is 0 Å². The van der Waals surface area contributed by atoms with Gasteiger partial charge in [0.05, 0.1) is 12.7 Å². The summed E-state index contributed by atoms with van der Waals surface area (Å²) in [6.07, 6.45) is 3.33. The zero-order valence-electron chi connectivity index (χ0n) is 5.84. The van der Waals surface area contributed by atoms with E-state index in [1.807, 2.05) is 0 Å². The summed E-state index contributed by atoms with van der Waals surface area (Å²) in [5.41, 5.74) is 0. The van der Waals surface area contributed by atoms with E-state index in [1.165, 1.54) is 12.8 Å². The molecule has 0 radical (unpaired) electrons. The highest BCUT2D eigenvalue weighted by Crippen LogP contribution is 2.33. The maximum atomic E-state index is 9.13. The van der Waals surface area contributed by atoms with Gasteiger partial charge in [-0.25, -0.2) is 0 Å². The van der Waals surface area contributed by atoms with E-state index in [2.05, 4.69) is 0 Å². The van der Waals surface area contributed by atoms with Crippen LogP contribution in [0.4, 0.5) is 0 Å². The Morgan fingerprint density at radius 2 is 2.33 bits per heavy atom. The molecule has 1 saturated carbocycles. The Morgan fingerprint density at radius 1 is 1.67 bits per heavy atom. The number of aliphatic hydroxyl groups excluding tert-OH is 1. The van der Waals surface area contributed by atoms with E-state index in [4.69, 9.17) is 9.84 Å². The van der Waals surface area contributed by atoms with Gasteiger partial charge in [0.2, 0.25) is 0 Å². The molecule has 9 heavy (non-hydrogen) atoms. The first-order valence-corrected chi connectivity index (χ1v) is 3.50. The second-order valence-corrected chi connectivity index (χ2v) is 2.79. The average molecular weight is 130 g/mol. The number of rotatable bonds is 4. The summed E-state index contributed by atoms with van der Waals surface area (Å²) in [7, 11) is 1.62. The van der Waals surface area contributed by atoms with Crippen LogP contribution in [0, 0.1) is 5.92 Å². The van der Waals surface area contributed by atoms with Crippen molar-refractivity contribution in [3.05, 3.63) is 0 Å². The van der Waals surface area contributed by atoms with Gasteiger partial charge in [0.25, 0.3) is 0 Å². The van der Waals surface area contributed by atoms with Crippen LogP contribution in [-0.2, 0) is 4.74 Å². The van der Waals surface area contributed by atoms with Gasteiger partial charge in [-0.15, -0.1) is 0 Å². The molecule has 0 bridgehead atoms. The van der Waals surface area contributed by atoms with Gasteiger partial charge in [0, 0.05) is 7.11 Å². The number of aliphatic hydroxyl groups is 1. The van der Waals surface area contributed by atoms with Crippen LogP contribution >= 0.6 is 0 Å². The largest absolute Gasteiger partial charge is 0.391 e. The lowest BCUT2D eigenvalue weighted by Crippen LogP contribution is -2.14. The fourth-order valence-corrected chi connectivity index (χ4v) is 0.999. The van der Waals surface area contributed by atoms with Gasteiger partial charge in [0.1, 0.15) is 0 Å². The zero-order chi connectivity index (χ0) is 6.69. The molecule has 1 fully saturated rings. The normalized spacial score (nSPS) is 22.0. The number of ether oxygens (including phenoxy) is 1. The van der Waals surface area contributed by atoms with E-state index in [0.29, 0.717) is 6.61 Å². The van der Waals surface area contributed by atoms with Crippen molar-refractivity contribution < 1.29 is 9.84 Å². The standard InChI is InChI=1S/C7H14O2/c1-9-5-7(8)4-6-2-3-6/h6-8H,2-5H2,1H3. The van der Waals surface area contributed by atoms with Gasteiger partial charge in [-0.05, 0) is 12.3 Å². The summed E-state index contributed by atoms with van der Waals surface area (Å²) in [6, 6.07) is 0. The third-order valence-corrected chi connectivity index (χ3v) is 1.66. The summed E-state index contributed by atoms with van der Waals surface area (Å²) in [6.45, 7) is 0.497. The Hall–Kier alpha value is -0.0800. The smallest absolute Gasteiger partial charge is 0.0776 e. The van der Waals surface area contributed by atoms with Crippen molar-refractivity contribution in [3.8, 4) is 0 Å². The molecule has 1 N–H and O–H groups in total. The lowest BCUT2D eigenvalue weighted by atomic mass is 10.2. The molecule has 1 unspecified atom stereocenters. The van der Waals surface area contributed by atoms with Crippen LogP contribution in [0.5, 0.6) is 0 Å². The van der Waals surface area contributed by atoms with Crippen LogP contribution < -0.4 is 0 Å². The van der Waals surface area contributed by atoms with E-state index >= 15 is 0 Å². The third-order valence-electron chi connectivity index (χ3n) is 1.66. The highest BCUT2D eigenvalue weighted by molar-refractivity contribution is 4.75. The molecule has 0 spiro atoms. The van der Waals surface area contributed by atoms with Gasteiger partial charge in [-0.2, -0.15) is 0 Å². The van der Waals surface area contributed by atoms with Gasteiger partial charge in [-0.1, -0.05) is 12.8 Å². The van der Waals surface area contributed by atoms with Crippen LogP contribution in [-0.4, -0.2) is 24.9 Å². The predicted octanol–water partition coefficient (Wildman–Crippen LogP) is 0.794. The molecule has 0 aromatic heterocycles. The molecule has 1 aliphatic rings. The Morgan fingerprint density at radius 3 is 2.78 bits per heavy atom. The average Bonchev–Trinajstić information content (AvgIpc) is 2.50. The zero-order valence-corrected chi connectivity index (χ0v) is 5.84. The summed E-state index contributed by atoms with van der Waals surface area (Å²) in [4.78, 5) is 0. The van der Waals surface area contributed by atoms with Gasteiger partial charge >= 0.3 is 0 Å². The van der Waals surface area contributed by atoms with Gasteiger partial charge < -0.3 is 9.84 Å². The quantitative estimate of drug-likeness (QED) is 0.609. The van der Waals surface area contributed by atoms with Crippen molar-refractivity contribution in [2.24, 2.45) is 5.92 Å². The molecule has 0 saturated heterocycles. The summed E-state index contributed by atoms with van der Waals surface area (Å²) < 4.78 is 4.78. The monoisotopic (exact) mass is 130 g/mol. The molecule has 0 aliphatic heterocycles. The van der Waals surface area contributed by atoms with Crippen LogP contribution in [0.3, 0.4) is 0 Å². The molecule has 54 valence electrons. The maximum absolute atomic E-state index is 9.13. The molecule has 0 amide bonds. The van der Waals surface area contributed by atoms with Crippen molar-refractivity contribution in [3.63, 3.8) is 0 Å². The lowest BCUT2D eigenvalue weighted by molar-refractivity contribution is 0.0557. The van der Waals surface area contributed by atoms with Crippen molar-refractivity contribution >= 4 is 0 Å². The highest BCUT2D eigenvalue weighted by Gasteiger charge is 2.24. The predicted molar refractivity (Wildman–Crippen MR) is 35.2 cm³/mol. The minimum absolute atomic E-state index is 0.220. The first-order chi connectivity index (χ1) is 4.33. The second-order valence-electron chi connectivity index (χ2n) is 2.79. The molecule has 0 heterocycles. The first kappa shape index (κ1) is 7.03. The fraction of sp³-hybridized carbons (Fsp3) is 1.00. The Kier molecular flexibility index (Phi) is 2.49. The number of hydrogen-bond donors (Lipinski definition) is 1. The van der Waals surface area contributed by atoms with Gasteiger partial charge in [-0.3, -0.25) is 0 Å². The topological polar surface area (TPSA) is 29.5 Å². The van der Waals surface area contributed by atoms with Crippen LogP contribution in [0.1, 0.15) is 19.3 Å². The van der Waals surface area contributed by atoms with Crippen LogP contribution in [0.2, 0.25) is 0 Å². The van der Waals surface area contributed by atoms with Crippen molar-refractivity contribution in [2.45, 2.75) is 25.4 Å². The Labute approximate surface area is 55.8 Å². The Balaban J connectivity index is 1.95. The van der Waals surface area contributed by atoms with Crippen molar-refractivity contribution in [1.82, 2.24) is 0 Å². The summed E-state index contributed by atoms with van der Waals surface area (Å²) >= 11 is 0. The fourth-order valence-electron chi connectivity index (χ4n) is 0.999. The lowest BCUT2D eigenvalue weighted by Gasteiger charge is -2.06. The van der Waals surface area contributed by atoms with E-state index in [0.717, 1.165) is 12.3 Å². The molecule has 0 aromatic carbocycles.